The fourth-order valence-corrected chi connectivity index (χ4v) is 2.95. The van der Waals surface area contributed by atoms with E-state index in [0.29, 0.717) is 12.1 Å². The predicted molar refractivity (Wildman–Crippen MR) is 86.0 cm³/mol. The van der Waals surface area contributed by atoms with E-state index in [4.69, 9.17) is 0 Å². The van der Waals surface area contributed by atoms with Gasteiger partial charge in [0.15, 0.2) is 0 Å². The summed E-state index contributed by atoms with van der Waals surface area (Å²) < 4.78 is 0. The van der Waals surface area contributed by atoms with Crippen molar-refractivity contribution >= 4 is 11.4 Å². The highest BCUT2D eigenvalue weighted by Crippen LogP contribution is 2.26. The SMILES string of the molecule is Cc1cc(N(CC2CCCCN2)C(C)C)cc([N+](=O)[O-])c1. The topological polar surface area (TPSA) is 58.4 Å². The van der Waals surface area contributed by atoms with E-state index in [2.05, 4.69) is 24.1 Å². The second-order valence-corrected chi connectivity index (χ2v) is 6.18. The molecule has 1 saturated heterocycles. The summed E-state index contributed by atoms with van der Waals surface area (Å²) in [6.07, 6.45) is 3.68. The summed E-state index contributed by atoms with van der Waals surface area (Å²) in [5.74, 6) is 0. The van der Waals surface area contributed by atoms with Gasteiger partial charge in [-0.2, -0.15) is 0 Å². The van der Waals surface area contributed by atoms with Crippen LogP contribution in [0.5, 0.6) is 0 Å². The molecule has 1 fully saturated rings. The van der Waals surface area contributed by atoms with E-state index in [0.717, 1.165) is 24.3 Å². The Labute approximate surface area is 126 Å². The molecule has 1 aromatic rings. The van der Waals surface area contributed by atoms with E-state index in [1.165, 1.54) is 19.3 Å². The molecule has 0 amide bonds. The first-order valence-electron chi connectivity index (χ1n) is 7.73. The van der Waals surface area contributed by atoms with Gasteiger partial charge in [0.2, 0.25) is 0 Å². The summed E-state index contributed by atoms with van der Waals surface area (Å²) in [4.78, 5) is 13.0. The van der Waals surface area contributed by atoms with Crippen LogP contribution in [-0.4, -0.2) is 30.1 Å². The summed E-state index contributed by atoms with van der Waals surface area (Å²) in [5, 5.41) is 14.6. The maximum absolute atomic E-state index is 11.1. The van der Waals surface area contributed by atoms with Crippen molar-refractivity contribution in [1.82, 2.24) is 5.32 Å². The van der Waals surface area contributed by atoms with Gasteiger partial charge >= 0.3 is 0 Å². The maximum Gasteiger partial charge on any atom is 0.271 e. The van der Waals surface area contributed by atoms with E-state index in [1.807, 2.05) is 13.0 Å². The number of nitrogens with zero attached hydrogens (tertiary/aromatic N) is 2. The van der Waals surface area contributed by atoms with E-state index in [-0.39, 0.29) is 10.6 Å². The molecule has 0 radical (unpaired) electrons. The highest BCUT2D eigenvalue weighted by atomic mass is 16.6. The molecule has 1 heterocycles. The Kier molecular flexibility index (Phi) is 5.17. The van der Waals surface area contributed by atoms with Crippen molar-refractivity contribution in [3.05, 3.63) is 33.9 Å². The summed E-state index contributed by atoms with van der Waals surface area (Å²) in [5.41, 5.74) is 2.05. The number of nitro benzene ring substituents is 1. The average molecular weight is 291 g/mol. The standard InChI is InChI=1S/C16H25N3O2/c1-12(2)18(11-14-6-4-5-7-17-14)15-8-13(3)9-16(10-15)19(20)21/h8-10,12,14,17H,4-7,11H2,1-3H3. The Morgan fingerprint density at radius 2 is 2.14 bits per heavy atom. The third-order valence-corrected chi connectivity index (χ3v) is 4.04. The van der Waals surface area contributed by atoms with Crippen molar-refractivity contribution in [3.8, 4) is 0 Å². The van der Waals surface area contributed by atoms with Gasteiger partial charge in [0, 0.05) is 36.4 Å². The summed E-state index contributed by atoms with van der Waals surface area (Å²) in [6, 6.07) is 6.14. The minimum atomic E-state index is -0.312. The molecular formula is C16H25N3O2. The average Bonchev–Trinajstić information content (AvgIpc) is 2.44. The van der Waals surface area contributed by atoms with Crippen molar-refractivity contribution in [1.29, 1.82) is 0 Å². The number of hydrogen-bond acceptors (Lipinski definition) is 4. The van der Waals surface area contributed by atoms with Crippen LogP contribution in [0.15, 0.2) is 18.2 Å². The smallest absolute Gasteiger partial charge is 0.271 e. The van der Waals surface area contributed by atoms with Crippen LogP contribution in [-0.2, 0) is 0 Å². The highest BCUT2D eigenvalue weighted by Gasteiger charge is 2.20. The number of non-ortho nitro benzene ring substituents is 1. The second-order valence-electron chi connectivity index (χ2n) is 6.18. The van der Waals surface area contributed by atoms with E-state index >= 15 is 0 Å². The lowest BCUT2D eigenvalue weighted by atomic mass is 10.0. The second kappa shape index (κ2) is 6.89. The Morgan fingerprint density at radius 1 is 1.38 bits per heavy atom. The predicted octanol–water partition coefficient (Wildman–Crippen LogP) is 3.26. The summed E-state index contributed by atoms with van der Waals surface area (Å²) in [7, 11) is 0. The van der Waals surface area contributed by atoms with Crippen molar-refractivity contribution in [2.24, 2.45) is 0 Å². The van der Waals surface area contributed by atoms with E-state index in [1.54, 1.807) is 12.1 Å². The third kappa shape index (κ3) is 4.17. The fourth-order valence-electron chi connectivity index (χ4n) is 2.95. The van der Waals surface area contributed by atoms with Crippen molar-refractivity contribution in [2.45, 2.75) is 52.1 Å². The first-order chi connectivity index (χ1) is 9.97. The van der Waals surface area contributed by atoms with Crippen LogP contribution in [0.3, 0.4) is 0 Å². The van der Waals surface area contributed by atoms with Crippen LogP contribution >= 0.6 is 0 Å². The molecule has 1 unspecified atom stereocenters. The molecule has 1 aliphatic rings. The molecule has 5 nitrogen and oxygen atoms in total. The minimum absolute atomic E-state index is 0.173. The number of nitro groups is 1. The van der Waals surface area contributed by atoms with Crippen molar-refractivity contribution in [2.75, 3.05) is 18.0 Å². The Bertz CT molecular complexity index is 496. The minimum Gasteiger partial charge on any atom is -0.367 e. The molecule has 0 aromatic heterocycles. The van der Waals surface area contributed by atoms with Crippen LogP contribution < -0.4 is 10.2 Å². The van der Waals surface area contributed by atoms with Crippen LogP contribution in [0.1, 0.15) is 38.7 Å². The fraction of sp³-hybridized carbons (Fsp3) is 0.625. The largest absolute Gasteiger partial charge is 0.367 e. The van der Waals surface area contributed by atoms with Crippen LogP contribution in [0.4, 0.5) is 11.4 Å². The number of benzene rings is 1. The van der Waals surface area contributed by atoms with Gasteiger partial charge in [-0.05, 0) is 51.8 Å². The zero-order chi connectivity index (χ0) is 15.4. The first-order valence-corrected chi connectivity index (χ1v) is 7.73. The number of piperidine rings is 1. The molecule has 1 N–H and O–H groups in total. The number of anilines is 1. The molecule has 0 saturated carbocycles. The van der Waals surface area contributed by atoms with Crippen molar-refractivity contribution in [3.63, 3.8) is 0 Å². The van der Waals surface area contributed by atoms with Crippen molar-refractivity contribution < 1.29 is 4.92 Å². The molecule has 1 aliphatic heterocycles. The van der Waals surface area contributed by atoms with Crippen LogP contribution in [0.2, 0.25) is 0 Å². The Morgan fingerprint density at radius 3 is 2.71 bits per heavy atom. The third-order valence-electron chi connectivity index (χ3n) is 4.04. The lowest BCUT2D eigenvalue weighted by molar-refractivity contribution is -0.384. The number of rotatable bonds is 5. The zero-order valence-electron chi connectivity index (χ0n) is 13.1. The number of aryl methyl sites for hydroxylation is 1. The quantitative estimate of drug-likeness (QED) is 0.668. The van der Waals surface area contributed by atoms with Gasteiger partial charge in [-0.25, -0.2) is 0 Å². The van der Waals surface area contributed by atoms with Gasteiger partial charge < -0.3 is 10.2 Å². The van der Waals surface area contributed by atoms with Gasteiger partial charge in [0.05, 0.1) is 4.92 Å². The molecular weight excluding hydrogens is 266 g/mol. The molecule has 2 rings (SSSR count). The van der Waals surface area contributed by atoms with E-state index < -0.39 is 0 Å². The lowest BCUT2D eigenvalue weighted by Gasteiger charge is -2.35. The first kappa shape index (κ1) is 15.8. The van der Waals surface area contributed by atoms with Crippen LogP contribution in [0, 0.1) is 17.0 Å². The van der Waals surface area contributed by atoms with E-state index in [9.17, 15) is 10.1 Å². The van der Waals surface area contributed by atoms with Gasteiger partial charge in [-0.1, -0.05) is 6.42 Å². The molecule has 0 aliphatic carbocycles. The normalized spacial score (nSPS) is 18.8. The lowest BCUT2D eigenvalue weighted by Crippen LogP contribution is -2.46. The zero-order valence-corrected chi connectivity index (χ0v) is 13.1. The molecule has 0 bridgehead atoms. The highest BCUT2D eigenvalue weighted by molar-refractivity contribution is 5.56. The molecule has 21 heavy (non-hydrogen) atoms. The molecule has 0 spiro atoms. The molecule has 116 valence electrons. The van der Waals surface area contributed by atoms with Gasteiger partial charge in [0.1, 0.15) is 0 Å². The Balaban J connectivity index is 2.22. The molecule has 5 heteroatoms. The summed E-state index contributed by atoms with van der Waals surface area (Å²) in [6.45, 7) is 8.16. The number of nitrogens with one attached hydrogen (secondary N) is 1. The van der Waals surface area contributed by atoms with Gasteiger partial charge in [0.25, 0.3) is 5.69 Å². The monoisotopic (exact) mass is 291 g/mol. The van der Waals surface area contributed by atoms with Gasteiger partial charge in [-0.3, -0.25) is 10.1 Å². The Hall–Kier alpha value is -1.62. The van der Waals surface area contributed by atoms with Crippen LogP contribution in [0.25, 0.3) is 0 Å². The number of hydrogen-bond donors (Lipinski definition) is 1. The summed E-state index contributed by atoms with van der Waals surface area (Å²) >= 11 is 0. The molecule has 1 atom stereocenters. The maximum atomic E-state index is 11.1. The van der Waals surface area contributed by atoms with Gasteiger partial charge in [-0.15, -0.1) is 0 Å². The molecule has 1 aromatic carbocycles.